The molecule has 2 N–H and O–H groups in total. The van der Waals surface area contributed by atoms with E-state index in [1.807, 2.05) is 48.7 Å². The molecule has 0 atom stereocenters. The van der Waals surface area contributed by atoms with Gasteiger partial charge in [0, 0.05) is 54.4 Å². The lowest BCUT2D eigenvalue weighted by molar-refractivity contribution is -0.137. The molecule has 2 amide bonds. The standard InChI is InChI=1S/C32H29N3O5/c1-34(29-15-8-20-40-29)31(38)26-12-4-2-10-24(26)25-11-3-5-13-27(25)32(39)35(19-17-30(36)37)18-16-22-21-33-28-14-7-6-9-23(22)28/h2-15,20-21,33H,16-19H2,1H3,(H,36,37). The average Bonchev–Trinajstić information content (AvgIpc) is 3.67. The summed E-state index contributed by atoms with van der Waals surface area (Å²) in [7, 11) is 1.63. The van der Waals surface area contributed by atoms with E-state index in [1.165, 1.54) is 11.2 Å². The summed E-state index contributed by atoms with van der Waals surface area (Å²) in [6.07, 6.45) is 3.81. The molecule has 40 heavy (non-hydrogen) atoms. The number of para-hydroxylation sites is 1. The van der Waals surface area contributed by atoms with Crippen molar-refractivity contribution in [3.63, 3.8) is 0 Å². The molecular weight excluding hydrogens is 506 g/mol. The smallest absolute Gasteiger partial charge is 0.305 e. The predicted octanol–water partition coefficient (Wildman–Crippen LogP) is 5.86. The molecular formula is C32H29N3O5. The average molecular weight is 536 g/mol. The molecule has 2 aromatic heterocycles. The zero-order chi connectivity index (χ0) is 28.1. The van der Waals surface area contributed by atoms with Crippen molar-refractivity contribution in [2.45, 2.75) is 12.8 Å². The normalized spacial score (nSPS) is 10.9. The largest absolute Gasteiger partial charge is 0.481 e. The van der Waals surface area contributed by atoms with Crippen LogP contribution in [0.1, 0.15) is 32.7 Å². The molecule has 5 rings (SSSR count). The van der Waals surface area contributed by atoms with Gasteiger partial charge in [-0.1, -0.05) is 54.6 Å². The Bertz CT molecular complexity index is 1650. The first-order valence-electron chi connectivity index (χ1n) is 13.0. The third kappa shape index (κ3) is 5.51. The van der Waals surface area contributed by atoms with E-state index in [0.717, 1.165) is 16.5 Å². The Hall–Kier alpha value is -5.11. The van der Waals surface area contributed by atoms with Crippen LogP contribution in [0.3, 0.4) is 0 Å². The number of anilines is 1. The van der Waals surface area contributed by atoms with Gasteiger partial charge in [-0.15, -0.1) is 0 Å². The molecule has 202 valence electrons. The number of aliphatic carboxylic acids is 1. The summed E-state index contributed by atoms with van der Waals surface area (Å²) in [5.74, 6) is -1.15. The molecule has 0 saturated carbocycles. The summed E-state index contributed by atoms with van der Waals surface area (Å²) in [5, 5.41) is 10.4. The Labute approximate surface area is 231 Å². The van der Waals surface area contributed by atoms with Crippen molar-refractivity contribution >= 4 is 34.6 Å². The van der Waals surface area contributed by atoms with Crippen molar-refractivity contribution in [1.29, 1.82) is 0 Å². The Morgan fingerprint density at radius 1 is 0.800 bits per heavy atom. The molecule has 0 unspecified atom stereocenters. The number of nitrogens with one attached hydrogen (secondary N) is 1. The van der Waals surface area contributed by atoms with E-state index in [2.05, 4.69) is 4.98 Å². The van der Waals surface area contributed by atoms with Gasteiger partial charge in [0.05, 0.1) is 12.7 Å². The minimum absolute atomic E-state index is 0.0622. The topological polar surface area (TPSA) is 107 Å². The highest BCUT2D eigenvalue weighted by atomic mass is 16.4. The van der Waals surface area contributed by atoms with Crippen LogP contribution in [0, 0.1) is 0 Å². The third-order valence-electron chi connectivity index (χ3n) is 6.96. The first-order chi connectivity index (χ1) is 19.4. The maximum absolute atomic E-state index is 14.0. The number of hydrogen-bond donors (Lipinski definition) is 2. The van der Waals surface area contributed by atoms with Crippen molar-refractivity contribution in [2.75, 3.05) is 25.0 Å². The summed E-state index contributed by atoms with van der Waals surface area (Å²) in [5.41, 5.74) is 4.06. The van der Waals surface area contributed by atoms with Crippen LogP contribution in [0.2, 0.25) is 0 Å². The predicted molar refractivity (Wildman–Crippen MR) is 153 cm³/mol. The van der Waals surface area contributed by atoms with Crippen LogP contribution in [-0.2, 0) is 11.2 Å². The Morgan fingerprint density at radius 2 is 1.45 bits per heavy atom. The monoisotopic (exact) mass is 535 g/mol. The molecule has 0 bridgehead atoms. The number of furan rings is 1. The number of rotatable bonds is 10. The zero-order valence-corrected chi connectivity index (χ0v) is 22.0. The SMILES string of the molecule is CN(C(=O)c1ccccc1-c1ccccc1C(=O)N(CCC(=O)O)CCc1c[nH]c2ccccc12)c1ccco1. The summed E-state index contributed by atoms with van der Waals surface area (Å²) in [4.78, 5) is 45.2. The minimum atomic E-state index is -0.977. The van der Waals surface area contributed by atoms with Gasteiger partial charge in [-0.05, 0) is 47.4 Å². The van der Waals surface area contributed by atoms with Crippen LogP contribution in [0.15, 0.2) is 102 Å². The molecule has 0 aliphatic rings. The number of nitrogens with zero attached hydrogens (tertiary/aromatic N) is 2. The van der Waals surface area contributed by atoms with Crippen LogP contribution >= 0.6 is 0 Å². The van der Waals surface area contributed by atoms with E-state index in [9.17, 15) is 19.5 Å². The molecule has 8 nitrogen and oxygen atoms in total. The van der Waals surface area contributed by atoms with Crippen molar-refractivity contribution in [3.8, 4) is 11.1 Å². The van der Waals surface area contributed by atoms with E-state index in [1.54, 1.807) is 54.4 Å². The van der Waals surface area contributed by atoms with Crippen molar-refractivity contribution < 1.29 is 23.9 Å². The molecule has 8 heteroatoms. The molecule has 0 aliphatic heterocycles. The summed E-state index contributed by atoms with van der Waals surface area (Å²) >= 11 is 0. The number of carbonyl (C=O) groups is 3. The number of hydrogen-bond acceptors (Lipinski definition) is 4. The maximum Gasteiger partial charge on any atom is 0.305 e. The number of aromatic nitrogens is 1. The third-order valence-corrected chi connectivity index (χ3v) is 6.96. The van der Waals surface area contributed by atoms with Gasteiger partial charge in [-0.2, -0.15) is 0 Å². The van der Waals surface area contributed by atoms with E-state index in [-0.39, 0.29) is 24.8 Å². The lowest BCUT2D eigenvalue weighted by Gasteiger charge is -2.24. The fourth-order valence-corrected chi connectivity index (χ4v) is 4.86. The van der Waals surface area contributed by atoms with Gasteiger partial charge in [0.2, 0.25) is 5.88 Å². The van der Waals surface area contributed by atoms with E-state index in [4.69, 9.17) is 4.42 Å². The Morgan fingerprint density at radius 3 is 2.12 bits per heavy atom. The van der Waals surface area contributed by atoms with Crippen LogP contribution < -0.4 is 4.90 Å². The molecule has 5 aromatic rings. The highest BCUT2D eigenvalue weighted by Gasteiger charge is 2.24. The number of amides is 2. The number of carboxylic acid groups (broad SMARTS) is 1. The molecule has 3 aromatic carbocycles. The van der Waals surface area contributed by atoms with Gasteiger partial charge in [-0.3, -0.25) is 19.3 Å². The van der Waals surface area contributed by atoms with E-state index >= 15 is 0 Å². The van der Waals surface area contributed by atoms with Gasteiger partial charge in [0.1, 0.15) is 0 Å². The second kappa shape index (κ2) is 11.7. The number of aromatic amines is 1. The lowest BCUT2D eigenvalue weighted by Crippen LogP contribution is -2.35. The number of carboxylic acids is 1. The van der Waals surface area contributed by atoms with Crippen LogP contribution in [0.25, 0.3) is 22.0 Å². The van der Waals surface area contributed by atoms with E-state index in [0.29, 0.717) is 41.1 Å². The molecule has 0 fully saturated rings. The Balaban J connectivity index is 1.47. The van der Waals surface area contributed by atoms with Gasteiger partial charge in [0.15, 0.2) is 0 Å². The van der Waals surface area contributed by atoms with Crippen molar-refractivity contribution in [2.24, 2.45) is 0 Å². The number of fused-ring (bicyclic) bond motifs is 1. The van der Waals surface area contributed by atoms with E-state index < -0.39 is 5.97 Å². The van der Waals surface area contributed by atoms with Crippen LogP contribution in [0.5, 0.6) is 0 Å². The lowest BCUT2D eigenvalue weighted by atomic mass is 9.94. The fourth-order valence-electron chi connectivity index (χ4n) is 4.86. The summed E-state index contributed by atoms with van der Waals surface area (Å²) in [6.45, 7) is 0.400. The summed E-state index contributed by atoms with van der Waals surface area (Å²) in [6, 6.07) is 25.6. The molecule has 0 spiro atoms. The first-order valence-corrected chi connectivity index (χ1v) is 13.0. The zero-order valence-electron chi connectivity index (χ0n) is 22.0. The number of carbonyl (C=O) groups excluding carboxylic acids is 2. The van der Waals surface area contributed by atoms with Crippen molar-refractivity contribution in [1.82, 2.24) is 9.88 Å². The maximum atomic E-state index is 14.0. The van der Waals surface area contributed by atoms with Gasteiger partial charge in [0.25, 0.3) is 11.8 Å². The van der Waals surface area contributed by atoms with Gasteiger partial charge >= 0.3 is 5.97 Å². The fraction of sp³-hybridized carbons (Fsp3) is 0.156. The quantitative estimate of drug-likeness (QED) is 0.233. The Kier molecular flexibility index (Phi) is 7.77. The molecule has 0 aliphatic carbocycles. The minimum Gasteiger partial charge on any atom is -0.481 e. The molecule has 2 heterocycles. The second-order valence-electron chi connectivity index (χ2n) is 9.45. The molecule has 0 saturated heterocycles. The van der Waals surface area contributed by atoms with Gasteiger partial charge < -0.3 is 19.4 Å². The highest BCUT2D eigenvalue weighted by molar-refractivity contribution is 6.11. The number of H-pyrrole nitrogens is 1. The second-order valence-corrected chi connectivity index (χ2v) is 9.45. The number of benzene rings is 3. The highest BCUT2D eigenvalue weighted by Crippen LogP contribution is 2.30. The van der Waals surface area contributed by atoms with Crippen LogP contribution in [-0.4, -0.2) is 52.9 Å². The summed E-state index contributed by atoms with van der Waals surface area (Å²) < 4.78 is 5.40. The molecule has 0 radical (unpaired) electrons. The first kappa shape index (κ1) is 26.5. The van der Waals surface area contributed by atoms with Gasteiger partial charge in [-0.25, -0.2) is 0 Å². The van der Waals surface area contributed by atoms with Crippen molar-refractivity contribution in [3.05, 3.63) is 114 Å². The van der Waals surface area contributed by atoms with Crippen LogP contribution in [0.4, 0.5) is 5.88 Å².